The van der Waals surface area contributed by atoms with Crippen LogP contribution in [0.5, 0.6) is 0 Å². The smallest absolute Gasteiger partial charge is 0.156 e. The van der Waals surface area contributed by atoms with Crippen molar-refractivity contribution in [3.05, 3.63) is 59.9 Å². The largest absolute Gasteiger partial charge is 0.328 e. The highest BCUT2D eigenvalue weighted by molar-refractivity contribution is 5.65. The van der Waals surface area contributed by atoms with E-state index in [0.29, 0.717) is 6.54 Å². The van der Waals surface area contributed by atoms with E-state index >= 15 is 0 Å². The Morgan fingerprint density at radius 3 is 2.80 bits per heavy atom. The lowest BCUT2D eigenvalue weighted by atomic mass is 10.2. The molecule has 0 amide bonds. The number of nitrogens with two attached hydrogens (primary N) is 1. The lowest BCUT2D eigenvalue weighted by Crippen LogP contribution is -2.14. The molecule has 2 heterocycles. The molecule has 4 nitrogen and oxygen atoms in total. The predicted octanol–water partition coefficient (Wildman–Crippen LogP) is 2.87. The Kier molecular flexibility index (Phi) is 3.16. The van der Waals surface area contributed by atoms with Gasteiger partial charge in [0.05, 0.1) is 5.69 Å². The molecule has 0 aliphatic heterocycles. The fourth-order valence-electron chi connectivity index (χ4n) is 2.45. The van der Waals surface area contributed by atoms with Gasteiger partial charge in [0.25, 0.3) is 0 Å². The molecule has 102 valence electrons. The van der Waals surface area contributed by atoms with Crippen molar-refractivity contribution < 1.29 is 0 Å². The number of anilines is 2. The number of benzene rings is 1. The van der Waals surface area contributed by atoms with Gasteiger partial charge < -0.3 is 15.0 Å². The summed E-state index contributed by atoms with van der Waals surface area (Å²) in [6.07, 6.45) is 2.00. The van der Waals surface area contributed by atoms with Crippen LogP contribution in [0.3, 0.4) is 0 Å². The minimum Gasteiger partial charge on any atom is -0.328 e. The first-order chi connectivity index (χ1) is 9.70. The topological polar surface area (TPSA) is 46.6 Å². The van der Waals surface area contributed by atoms with Crippen LogP contribution in [0.15, 0.2) is 48.7 Å². The van der Waals surface area contributed by atoms with Crippen molar-refractivity contribution in [3.63, 3.8) is 0 Å². The lowest BCUT2D eigenvalue weighted by Gasteiger charge is -2.18. The molecule has 2 N–H and O–H groups in total. The standard InChI is InChI=1S/C16H18N4/c1-12-6-5-7-13(10-12)19(2)16-14(11-17)20-9-4-3-8-15(20)18-16/h3-10H,11,17H2,1-2H3. The number of aryl methyl sites for hydroxylation is 1. The van der Waals surface area contributed by atoms with Crippen LogP contribution in [0.25, 0.3) is 5.65 Å². The zero-order valence-corrected chi connectivity index (χ0v) is 11.7. The van der Waals surface area contributed by atoms with Crippen molar-refractivity contribution in [1.29, 1.82) is 0 Å². The molecule has 0 saturated carbocycles. The van der Waals surface area contributed by atoms with E-state index in [1.807, 2.05) is 35.8 Å². The normalized spacial score (nSPS) is 10.9. The summed E-state index contributed by atoms with van der Waals surface area (Å²) < 4.78 is 2.04. The molecule has 0 aliphatic rings. The average Bonchev–Trinajstić information content (AvgIpc) is 2.85. The van der Waals surface area contributed by atoms with Crippen LogP contribution in [-0.2, 0) is 6.54 Å². The summed E-state index contributed by atoms with van der Waals surface area (Å²) >= 11 is 0. The summed E-state index contributed by atoms with van der Waals surface area (Å²) in [5.74, 6) is 0.907. The van der Waals surface area contributed by atoms with E-state index < -0.39 is 0 Å². The third-order valence-corrected chi connectivity index (χ3v) is 3.51. The molecule has 20 heavy (non-hydrogen) atoms. The molecule has 0 unspecified atom stereocenters. The highest BCUT2D eigenvalue weighted by Gasteiger charge is 2.15. The van der Waals surface area contributed by atoms with Crippen molar-refractivity contribution in [2.75, 3.05) is 11.9 Å². The van der Waals surface area contributed by atoms with Crippen LogP contribution in [0.2, 0.25) is 0 Å². The maximum atomic E-state index is 5.92. The van der Waals surface area contributed by atoms with Gasteiger partial charge in [-0.05, 0) is 36.8 Å². The van der Waals surface area contributed by atoms with Gasteiger partial charge >= 0.3 is 0 Å². The second-order valence-corrected chi connectivity index (χ2v) is 4.91. The Labute approximate surface area is 118 Å². The van der Waals surface area contributed by atoms with Crippen molar-refractivity contribution in [2.24, 2.45) is 5.73 Å². The van der Waals surface area contributed by atoms with Crippen molar-refractivity contribution >= 4 is 17.2 Å². The molecule has 0 bridgehead atoms. The number of imidazole rings is 1. The van der Waals surface area contributed by atoms with E-state index in [4.69, 9.17) is 10.7 Å². The molecular weight excluding hydrogens is 248 g/mol. The Balaban J connectivity index is 2.14. The first-order valence-corrected chi connectivity index (χ1v) is 6.67. The zero-order valence-electron chi connectivity index (χ0n) is 11.7. The van der Waals surface area contributed by atoms with Gasteiger partial charge in [-0.3, -0.25) is 0 Å². The van der Waals surface area contributed by atoms with Gasteiger partial charge in [0.1, 0.15) is 5.65 Å². The van der Waals surface area contributed by atoms with Crippen LogP contribution in [0.1, 0.15) is 11.3 Å². The van der Waals surface area contributed by atoms with E-state index in [2.05, 4.69) is 36.1 Å². The first-order valence-electron chi connectivity index (χ1n) is 6.67. The van der Waals surface area contributed by atoms with E-state index in [-0.39, 0.29) is 0 Å². The number of rotatable bonds is 3. The molecule has 0 atom stereocenters. The summed E-state index contributed by atoms with van der Waals surface area (Å²) in [4.78, 5) is 6.78. The minimum absolute atomic E-state index is 0.455. The van der Waals surface area contributed by atoms with Gasteiger partial charge in [0.15, 0.2) is 5.82 Å². The van der Waals surface area contributed by atoms with E-state index in [0.717, 1.165) is 22.8 Å². The SMILES string of the molecule is Cc1cccc(N(C)c2nc3ccccn3c2CN)c1. The lowest BCUT2D eigenvalue weighted by molar-refractivity contribution is 0.948. The first kappa shape index (κ1) is 12.7. The summed E-state index contributed by atoms with van der Waals surface area (Å²) in [5.41, 5.74) is 10.2. The van der Waals surface area contributed by atoms with Crippen molar-refractivity contribution in [3.8, 4) is 0 Å². The maximum absolute atomic E-state index is 5.92. The van der Waals surface area contributed by atoms with Gasteiger partial charge in [-0.2, -0.15) is 0 Å². The molecule has 0 aliphatic carbocycles. The molecule has 0 spiro atoms. The monoisotopic (exact) mass is 266 g/mol. The third kappa shape index (κ3) is 2.04. The van der Waals surface area contributed by atoms with Crippen molar-refractivity contribution in [2.45, 2.75) is 13.5 Å². The molecule has 3 rings (SSSR count). The van der Waals surface area contributed by atoms with E-state index in [1.54, 1.807) is 0 Å². The summed E-state index contributed by atoms with van der Waals surface area (Å²) in [6, 6.07) is 14.3. The maximum Gasteiger partial charge on any atom is 0.156 e. The van der Waals surface area contributed by atoms with Gasteiger partial charge in [0.2, 0.25) is 0 Å². The Morgan fingerprint density at radius 1 is 1.20 bits per heavy atom. The van der Waals surface area contributed by atoms with Gasteiger partial charge in [-0.15, -0.1) is 0 Å². The van der Waals surface area contributed by atoms with Gasteiger partial charge in [-0.25, -0.2) is 4.98 Å². The number of hydrogen-bond donors (Lipinski definition) is 1. The molecular formula is C16H18N4. The van der Waals surface area contributed by atoms with Crippen LogP contribution in [0.4, 0.5) is 11.5 Å². The third-order valence-electron chi connectivity index (χ3n) is 3.51. The number of pyridine rings is 1. The van der Waals surface area contributed by atoms with Crippen molar-refractivity contribution in [1.82, 2.24) is 9.38 Å². The quantitative estimate of drug-likeness (QED) is 0.793. The minimum atomic E-state index is 0.455. The van der Waals surface area contributed by atoms with E-state index in [1.165, 1.54) is 5.56 Å². The fraction of sp³-hybridized carbons (Fsp3) is 0.188. The summed E-state index contributed by atoms with van der Waals surface area (Å²) in [7, 11) is 2.02. The number of hydrogen-bond acceptors (Lipinski definition) is 3. The van der Waals surface area contributed by atoms with Crippen LogP contribution < -0.4 is 10.6 Å². The second kappa shape index (κ2) is 4.98. The highest BCUT2D eigenvalue weighted by atomic mass is 15.2. The molecule has 2 aromatic heterocycles. The summed E-state index contributed by atoms with van der Waals surface area (Å²) in [6.45, 7) is 2.54. The zero-order chi connectivity index (χ0) is 14.1. The average molecular weight is 266 g/mol. The summed E-state index contributed by atoms with van der Waals surface area (Å²) in [5, 5.41) is 0. The van der Waals surface area contributed by atoms with Gasteiger partial charge in [0, 0.05) is 25.5 Å². The molecule has 3 aromatic rings. The number of fused-ring (bicyclic) bond motifs is 1. The highest BCUT2D eigenvalue weighted by Crippen LogP contribution is 2.27. The van der Waals surface area contributed by atoms with Crippen LogP contribution in [-0.4, -0.2) is 16.4 Å². The Hall–Kier alpha value is -2.33. The van der Waals surface area contributed by atoms with Crippen LogP contribution in [0, 0.1) is 6.92 Å². The fourth-order valence-corrected chi connectivity index (χ4v) is 2.45. The van der Waals surface area contributed by atoms with Crippen LogP contribution >= 0.6 is 0 Å². The second-order valence-electron chi connectivity index (χ2n) is 4.91. The molecule has 1 aromatic carbocycles. The van der Waals surface area contributed by atoms with E-state index in [9.17, 15) is 0 Å². The molecule has 4 heteroatoms. The molecule has 0 saturated heterocycles. The number of aromatic nitrogens is 2. The Bertz CT molecular complexity index is 745. The number of nitrogens with zero attached hydrogens (tertiary/aromatic N) is 3. The van der Waals surface area contributed by atoms with Gasteiger partial charge in [-0.1, -0.05) is 18.2 Å². The molecule has 0 fully saturated rings. The predicted molar refractivity (Wildman–Crippen MR) is 82.3 cm³/mol. The Morgan fingerprint density at radius 2 is 2.05 bits per heavy atom. The molecule has 0 radical (unpaired) electrons.